The quantitative estimate of drug-likeness (QED) is 0.842. The van der Waals surface area contributed by atoms with Crippen molar-refractivity contribution in [3.8, 4) is 0 Å². The Labute approximate surface area is 101 Å². The third kappa shape index (κ3) is 2.23. The van der Waals surface area contributed by atoms with Crippen molar-refractivity contribution in [2.24, 2.45) is 5.92 Å². The van der Waals surface area contributed by atoms with E-state index in [1.54, 1.807) is 12.1 Å². The van der Waals surface area contributed by atoms with Crippen molar-refractivity contribution in [3.63, 3.8) is 0 Å². The minimum atomic E-state index is -0.189. The van der Waals surface area contributed by atoms with E-state index in [-0.39, 0.29) is 11.9 Å². The molecule has 88 valence electrons. The van der Waals surface area contributed by atoms with Gasteiger partial charge in [-0.2, -0.15) is 0 Å². The molecule has 0 aromatic heterocycles. The average Bonchev–Trinajstić information content (AvgIpc) is 2.14. The molecule has 1 N–H and O–H groups in total. The van der Waals surface area contributed by atoms with Crippen LogP contribution in [0.4, 0.5) is 4.39 Å². The van der Waals surface area contributed by atoms with E-state index < -0.39 is 0 Å². The van der Waals surface area contributed by atoms with Gasteiger partial charge in [-0.25, -0.2) is 4.39 Å². The predicted octanol–water partition coefficient (Wildman–Crippen LogP) is 3.93. The SMILES string of the molecule is CCNC(c1c(F)cccc1Cl)C1CCC1. The van der Waals surface area contributed by atoms with Crippen molar-refractivity contribution in [3.05, 3.63) is 34.6 Å². The molecular formula is C13H17ClFN. The van der Waals surface area contributed by atoms with Gasteiger partial charge in [-0.1, -0.05) is 31.0 Å². The first kappa shape index (κ1) is 11.9. The molecule has 0 heterocycles. The Morgan fingerprint density at radius 2 is 2.25 bits per heavy atom. The zero-order chi connectivity index (χ0) is 11.5. The molecule has 1 aliphatic carbocycles. The van der Waals surface area contributed by atoms with Crippen LogP contribution in [0.15, 0.2) is 18.2 Å². The van der Waals surface area contributed by atoms with Gasteiger partial charge in [0.05, 0.1) is 0 Å². The first-order valence-electron chi connectivity index (χ1n) is 5.91. The molecule has 0 saturated heterocycles. The lowest BCUT2D eigenvalue weighted by atomic mass is 9.77. The molecule has 1 aliphatic rings. The second-order valence-electron chi connectivity index (χ2n) is 4.36. The molecule has 16 heavy (non-hydrogen) atoms. The topological polar surface area (TPSA) is 12.0 Å². The molecule has 1 fully saturated rings. The summed E-state index contributed by atoms with van der Waals surface area (Å²) in [6.07, 6.45) is 3.59. The number of halogens is 2. The molecule has 0 bridgehead atoms. The van der Waals surface area contributed by atoms with Gasteiger partial charge in [0.1, 0.15) is 5.82 Å². The van der Waals surface area contributed by atoms with Gasteiger partial charge in [-0.15, -0.1) is 0 Å². The zero-order valence-corrected chi connectivity index (χ0v) is 10.2. The zero-order valence-electron chi connectivity index (χ0n) is 9.47. The average molecular weight is 242 g/mol. The van der Waals surface area contributed by atoms with Crippen molar-refractivity contribution in [1.29, 1.82) is 0 Å². The Morgan fingerprint density at radius 3 is 2.75 bits per heavy atom. The van der Waals surface area contributed by atoms with Crippen molar-refractivity contribution >= 4 is 11.6 Å². The van der Waals surface area contributed by atoms with Crippen LogP contribution < -0.4 is 5.32 Å². The van der Waals surface area contributed by atoms with Gasteiger partial charge in [0.25, 0.3) is 0 Å². The Bertz CT molecular complexity index is 343. The highest BCUT2D eigenvalue weighted by Crippen LogP contribution is 2.40. The van der Waals surface area contributed by atoms with Crippen LogP contribution in [0.25, 0.3) is 0 Å². The highest BCUT2D eigenvalue weighted by molar-refractivity contribution is 6.31. The highest BCUT2D eigenvalue weighted by atomic mass is 35.5. The summed E-state index contributed by atoms with van der Waals surface area (Å²) >= 11 is 6.11. The first-order valence-corrected chi connectivity index (χ1v) is 6.29. The molecular weight excluding hydrogens is 225 g/mol. The van der Waals surface area contributed by atoms with E-state index in [0.717, 1.165) is 6.54 Å². The Kier molecular flexibility index (Phi) is 3.82. The molecule has 2 rings (SSSR count). The van der Waals surface area contributed by atoms with Crippen molar-refractivity contribution in [1.82, 2.24) is 5.32 Å². The molecule has 1 nitrogen and oxygen atoms in total. The number of hydrogen-bond acceptors (Lipinski definition) is 1. The first-order chi connectivity index (χ1) is 7.74. The van der Waals surface area contributed by atoms with Gasteiger partial charge >= 0.3 is 0 Å². The van der Waals surface area contributed by atoms with E-state index in [4.69, 9.17) is 11.6 Å². The maximum Gasteiger partial charge on any atom is 0.129 e. The maximum absolute atomic E-state index is 13.8. The molecule has 0 aliphatic heterocycles. The molecule has 3 heteroatoms. The van der Waals surface area contributed by atoms with Crippen LogP contribution in [0, 0.1) is 11.7 Å². The molecule has 0 radical (unpaired) electrons. The van der Waals surface area contributed by atoms with E-state index in [1.807, 2.05) is 6.92 Å². The lowest BCUT2D eigenvalue weighted by Gasteiger charge is -2.35. The monoisotopic (exact) mass is 241 g/mol. The van der Waals surface area contributed by atoms with Crippen LogP contribution in [-0.4, -0.2) is 6.54 Å². The van der Waals surface area contributed by atoms with Crippen LogP contribution in [0.5, 0.6) is 0 Å². The van der Waals surface area contributed by atoms with Gasteiger partial charge < -0.3 is 5.32 Å². The molecule has 1 saturated carbocycles. The summed E-state index contributed by atoms with van der Waals surface area (Å²) in [6.45, 7) is 2.88. The Balaban J connectivity index is 2.29. The second kappa shape index (κ2) is 5.15. The van der Waals surface area contributed by atoms with E-state index >= 15 is 0 Å². The predicted molar refractivity (Wildman–Crippen MR) is 65.2 cm³/mol. The van der Waals surface area contributed by atoms with Crippen molar-refractivity contribution in [2.45, 2.75) is 32.2 Å². The minimum absolute atomic E-state index is 0.0763. The van der Waals surface area contributed by atoms with Crippen LogP contribution in [0.1, 0.15) is 37.8 Å². The summed E-state index contributed by atoms with van der Waals surface area (Å²) < 4.78 is 13.8. The summed E-state index contributed by atoms with van der Waals surface area (Å²) in [4.78, 5) is 0. The van der Waals surface area contributed by atoms with Gasteiger partial charge in [0, 0.05) is 16.6 Å². The van der Waals surface area contributed by atoms with Gasteiger partial charge in [0.15, 0.2) is 0 Å². The molecule has 1 unspecified atom stereocenters. The van der Waals surface area contributed by atoms with Crippen LogP contribution in [-0.2, 0) is 0 Å². The summed E-state index contributed by atoms with van der Waals surface area (Å²) in [5.74, 6) is 0.347. The minimum Gasteiger partial charge on any atom is -0.310 e. The molecule has 1 aromatic carbocycles. The van der Waals surface area contributed by atoms with Crippen LogP contribution >= 0.6 is 11.6 Å². The third-order valence-corrected chi connectivity index (χ3v) is 3.69. The number of rotatable bonds is 4. The Hall–Kier alpha value is -0.600. The lowest BCUT2D eigenvalue weighted by Crippen LogP contribution is -2.33. The summed E-state index contributed by atoms with van der Waals surface area (Å²) in [7, 11) is 0. The largest absolute Gasteiger partial charge is 0.310 e. The van der Waals surface area contributed by atoms with Crippen LogP contribution in [0.2, 0.25) is 5.02 Å². The third-order valence-electron chi connectivity index (χ3n) is 3.36. The fourth-order valence-electron chi connectivity index (χ4n) is 2.31. The van der Waals surface area contributed by atoms with Crippen molar-refractivity contribution < 1.29 is 4.39 Å². The summed E-state index contributed by atoms with van der Waals surface area (Å²) in [6, 6.07) is 4.99. The molecule has 1 aromatic rings. The molecule has 1 atom stereocenters. The second-order valence-corrected chi connectivity index (χ2v) is 4.77. The van der Waals surface area contributed by atoms with Gasteiger partial charge in [-0.05, 0) is 37.4 Å². The maximum atomic E-state index is 13.8. The number of benzene rings is 1. The van der Waals surface area contributed by atoms with Gasteiger partial charge in [0.2, 0.25) is 0 Å². The van der Waals surface area contributed by atoms with Crippen LogP contribution in [0.3, 0.4) is 0 Å². The molecule has 0 amide bonds. The Morgan fingerprint density at radius 1 is 1.50 bits per heavy atom. The number of nitrogens with one attached hydrogen (secondary N) is 1. The van der Waals surface area contributed by atoms with E-state index in [2.05, 4.69) is 5.32 Å². The van der Waals surface area contributed by atoms with E-state index in [1.165, 1.54) is 25.3 Å². The van der Waals surface area contributed by atoms with E-state index in [0.29, 0.717) is 16.5 Å². The standard InChI is InChI=1S/C13H17ClFN/c1-2-16-13(9-5-3-6-9)12-10(14)7-4-8-11(12)15/h4,7-9,13,16H,2-3,5-6H2,1H3. The lowest BCUT2D eigenvalue weighted by molar-refractivity contribution is 0.229. The van der Waals surface area contributed by atoms with Gasteiger partial charge in [-0.3, -0.25) is 0 Å². The fraction of sp³-hybridized carbons (Fsp3) is 0.538. The highest BCUT2D eigenvalue weighted by Gasteiger charge is 2.30. The van der Waals surface area contributed by atoms with E-state index in [9.17, 15) is 4.39 Å². The number of hydrogen-bond donors (Lipinski definition) is 1. The molecule has 0 spiro atoms. The summed E-state index contributed by atoms with van der Waals surface area (Å²) in [5, 5.41) is 3.90. The normalized spacial score (nSPS) is 18.2. The summed E-state index contributed by atoms with van der Waals surface area (Å²) in [5.41, 5.74) is 0.649. The smallest absolute Gasteiger partial charge is 0.129 e. The van der Waals surface area contributed by atoms with Crippen molar-refractivity contribution in [2.75, 3.05) is 6.54 Å². The fourth-order valence-corrected chi connectivity index (χ4v) is 2.59.